The van der Waals surface area contributed by atoms with Gasteiger partial charge in [-0.05, 0) is 25.5 Å². The second-order valence-corrected chi connectivity index (χ2v) is 7.37. The van der Waals surface area contributed by atoms with Crippen molar-refractivity contribution < 1.29 is 19.4 Å². The number of aromatic amines is 2. The standard InChI is InChI=1S/C18H19N7O3.CH2O2/c1-11-14(21-10-20-11)15-23-22-13-7-28-18(9-25(13)15)4-6-24(8-18)17(27)12-3-2-5-19-16(12)26;2-1-3/h2-3,5,10H,4,6-9H2,1H3,(H,19,26)(H,20,21);1H,(H,2,3). The van der Waals surface area contributed by atoms with Crippen LogP contribution in [0.15, 0.2) is 29.5 Å². The van der Waals surface area contributed by atoms with E-state index in [4.69, 9.17) is 14.6 Å². The van der Waals surface area contributed by atoms with Crippen LogP contribution in [0.5, 0.6) is 0 Å². The average molecular weight is 427 g/mol. The fraction of sp³-hybridized carbons (Fsp3) is 0.368. The number of H-pyrrole nitrogens is 2. The Morgan fingerprint density at radius 3 is 2.84 bits per heavy atom. The van der Waals surface area contributed by atoms with Gasteiger partial charge in [0, 0.05) is 18.4 Å². The highest BCUT2D eigenvalue weighted by molar-refractivity contribution is 5.94. The number of likely N-dealkylation sites (tertiary alicyclic amines) is 1. The second kappa shape index (κ2) is 8.14. The fourth-order valence-corrected chi connectivity index (χ4v) is 3.94. The predicted molar refractivity (Wildman–Crippen MR) is 106 cm³/mol. The molecule has 0 aliphatic carbocycles. The number of nitrogens with zero attached hydrogens (tertiary/aromatic N) is 5. The van der Waals surface area contributed by atoms with Gasteiger partial charge in [-0.25, -0.2) is 4.98 Å². The average Bonchev–Trinajstić information content (AvgIpc) is 3.47. The lowest BCUT2D eigenvalue weighted by Crippen LogP contribution is -2.45. The summed E-state index contributed by atoms with van der Waals surface area (Å²) < 4.78 is 8.15. The number of hydrogen-bond donors (Lipinski definition) is 3. The minimum Gasteiger partial charge on any atom is -0.483 e. The number of pyridine rings is 1. The van der Waals surface area contributed by atoms with Crippen LogP contribution in [-0.4, -0.2) is 70.8 Å². The van der Waals surface area contributed by atoms with Gasteiger partial charge in [-0.15, -0.1) is 10.2 Å². The van der Waals surface area contributed by atoms with Crippen molar-refractivity contribution in [2.45, 2.75) is 32.1 Å². The van der Waals surface area contributed by atoms with Crippen molar-refractivity contribution in [2.24, 2.45) is 0 Å². The zero-order chi connectivity index (χ0) is 22.0. The maximum atomic E-state index is 12.8. The van der Waals surface area contributed by atoms with Gasteiger partial charge in [-0.1, -0.05) is 0 Å². The minimum atomic E-state index is -0.522. The molecular weight excluding hydrogens is 406 g/mol. The van der Waals surface area contributed by atoms with E-state index in [1.807, 2.05) is 11.5 Å². The summed E-state index contributed by atoms with van der Waals surface area (Å²) in [6.07, 6.45) is 3.83. The van der Waals surface area contributed by atoms with Gasteiger partial charge in [-0.2, -0.15) is 0 Å². The Balaban J connectivity index is 0.000000730. The van der Waals surface area contributed by atoms with Crippen molar-refractivity contribution in [3.63, 3.8) is 0 Å². The number of hydrogen-bond acceptors (Lipinski definition) is 7. The number of nitrogens with one attached hydrogen (secondary N) is 2. The molecule has 1 fully saturated rings. The van der Waals surface area contributed by atoms with Crippen LogP contribution >= 0.6 is 0 Å². The first-order valence-electron chi connectivity index (χ1n) is 9.59. The molecule has 12 heteroatoms. The van der Waals surface area contributed by atoms with Gasteiger partial charge in [0.05, 0.1) is 19.4 Å². The van der Waals surface area contributed by atoms with Gasteiger partial charge in [0.25, 0.3) is 17.9 Å². The molecule has 0 aromatic carbocycles. The highest BCUT2D eigenvalue weighted by atomic mass is 16.5. The lowest BCUT2D eigenvalue weighted by Gasteiger charge is -2.34. The molecule has 1 unspecified atom stereocenters. The normalized spacial score (nSPS) is 19.6. The molecule has 5 heterocycles. The Hall–Kier alpha value is -3.80. The van der Waals surface area contributed by atoms with Gasteiger partial charge in [0.15, 0.2) is 11.6 Å². The Morgan fingerprint density at radius 1 is 1.32 bits per heavy atom. The SMILES string of the molecule is Cc1[nH]cnc1-c1nnc2n1CC1(CCN(C(=O)c3ccc[nH]c3=O)C1)OC2.O=CO. The first-order chi connectivity index (χ1) is 15.0. The number of amides is 1. The number of imidazole rings is 1. The van der Waals surface area contributed by atoms with Crippen molar-refractivity contribution in [1.82, 2.24) is 34.6 Å². The molecule has 1 amide bonds. The van der Waals surface area contributed by atoms with Crippen LogP contribution in [0.2, 0.25) is 0 Å². The molecule has 31 heavy (non-hydrogen) atoms. The third-order valence-corrected chi connectivity index (χ3v) is 5.47. The predicted octanol–water partition coefficient (Wildman–Crippen LogP) is 0.181. The molecule has 3 N–H and O–H groups in total. The second-order valence-electron chi connectivity index (χ2n) is 7.37. The molecular formula is C19H21N7O5. The van der Waals surface area contributed by atoms with Crippen LogP contribution in [0.4, 0.5) is 0 Å². The summed E-state index contributed by atoms with van der Waals surface area (Å²) in [6.45, 7) is 3.49. The van der Waals surface area contributed by atoms with Crippen molar-refractivity contribution in [2.75, 3.05) is 13.1 Å². The molecule has 2 aliphatic heterocycles. The maximum Gasteiger partial charge on any atom is 0.290 e. The first-order valence-corrected chi connectivity index (χ1v) is 9.59. The topological polar surface area (TPSA) is 159 Å². The zero-order valence-corrected chi connectivity index (χ0v) is 16.7. The van der Waals surface area contributed by atoms with Crippen LogP contribution in [0.3, 0.4) is 0 Å². The van der Waals surface area contributed by atoms with E-state index < -0.39 is 5.60 Å². The Morgan fingerprint density at radius 2 is 2.13 bits per heavy atom. The number of ether oxygens (including phenoxy) is 1. The molecule has 5 rings (SSSR count). The van der Waals surface area contributed by atoms with E-state index in [0.717, 1.165) is 17.2 Å². The van der Waals surface area contributed by atoms with Gasteiger partial charge in [0.2, 0.25) is 0 Å². The fourth-order valence-electron chi connectivity index (χ4n) is 3.94. The van der Waals surface area contributed by atoms with Crippen molar-refractivity contribution in [3.8, 4) is 11.5 Å². The van der Waals surface area contributed by atoms with E-state index >= 15 is 0 Å². The molecule has 1 spiro atoms. The molecule has 3 aromatic rings. The lowest BCUT2D eigenvalue weighted by atomic mass is 10.0. The molecule has 2 aliphatic rings. The van der Waals surface area contributed by atoms with E-state index in [0.29, 0.717) is 38.5 Å². The van der Waals surface area contributed by atoms with E-state index in [9.17, 15) is 9.59 Å². The summed E-state index contributed by atoms with van der Waals surface area (Å²) in [5, 5.41) is 15.4. The first kappa shape index (κ1) is 20.5. The monoisotopic (exact) mass is 427 g/mol. The van der Waals surface area contributed by atoms with Crippen molar-refractivity contribution in [3.05, 3.63) is 52.1 Å². The van der Waals surface area contributed by atoms with E-state index in [1.165, 1.54) is 6.20 Å². The number of aromatic nitrogens is 6. The third kappa shape index (κ3) is 3.72. The number of fused-ring (bicyclic) bond motifs is 1. The lowest BCUT2D eigenvalue weighted by molar-refractivity contribution is -0.122. The van der Waals surface area contributed by atoms with Crippen molar-refractivity contribution in [1.29, 1.82) is 0 Å². The Bertz CT molecular complexity index is 1170. The molecule has 1 atom stereocenters. The van der Waals surface area contributed by atoms with Crippen LogP contribution < -0.4 is 5.56 Å². The molecule has 0 radical (unpaired) electrons. The van der Waals surface area contributed by atoms with E-state index in [2.05, 4.69) is 25.1 Å². The molecule has 3 aromatic heterocycles. The minimum absolute atomic E-state index is 0.146. The van der Waals surface area contributed by atoms with Crippen LogP contribution in [0, 0.1) is 6.92 Å². The zero-order valence-electron chi connectivity index (χ0n) is 16.7. The summed E-state index contributed by atoms with van der Waals surface area (Å²) in [6, 6.07) is 3.20. The molecule has 12 nitrogen and oxygen atoms in total. The summed E-state index contributed by atoms with van der Waals surface area (Å²) in [5.41, 5.74) is 0.925. The molecule has 0 saturated carbocycles. The molecule has 1 saturated heterocycles. The van der Waals surface area contributed by atoms with Crippen LogP contribution in [-0.2, 0) is 22.7 Å². The smallest absolute Gasteiger partial charge is 0.290 e. The maximum absolute atomic E-state index is 12.8. The number of rotatable bonds is 2. The summed E-state index contributed by atoms with van der Waals surface area (Å²) in [7, 11) is 0. The quantitative estimate of drug-likeness (QED) is 0.489. The number of aryl methyl sites for hydroxylation is 1. The molecule has 162 valence electrons. The molecule has 0 bridgehead atoms. The highest BCUT2D eigenvalue weighted by Crippen LogP contribution is 2.34. The number of carbonyl (C=O) groups excluding carboxylic acids is 1. The Labute approximate surface area is 175 Å². The summed E-state index contributed by atoms with van der Waals surface area (Å²) in [5.74, 6) is 1.16. The van der Waals surface area contributed by atoms with E-state index in [-0.39, 0.29) is 23.5 Å². The van der Waals surface area contributed by atoms with Gasteiger partial charge in [-0.3, -0.25) is 14.4 Å². The van der Waals surface area contributed by atoms with Crippen molar-refractivity contribution >= 4 is 12.4 Å². The largest absolute Gasteiger partial charge is 0.483 e. The summed E-state index contributed by atoms with van der Waals surface area (Å²) >= 11 is 0. The van der Waals surface area contributed by atoms with Crippen LogP contribution in [0.25, 0.3) is 11.5 Å². The van der Waals surface area contributed by atoms with Gasteiger partial charge >= 0.3 is 0 Å². The number of carboxylic acid groups (broad SMARTS) is 1. The number of carbonyl (C=O) groups is 2. The van der Waals surface area contributed by atoms with Gasteiger partial charge in [0.1, 0.15) is 23.5 Å². The third-order valence-electron chi connectivity index (χ3n) is 5.47. The summed E-state index contributed by atoms with van der Waals surface area (Å²) in [4.78, 5) is 44.8. The van der Waals surface area contributed by atoms with Gasteiger partial charge < -0.3 is 29.3 Å². The van der Waals surface area contributed by atoms with E-state index in [1.54, 1.807) is 23.4 Å². The Kier molecular flexibility index (Phi) is 5.38. The highest BCUT2D eigenvalue weighted by Gasteiger charge is 2.45. The van der Waals surface area contributed by atoms with Crippen LogP contribution in [0.1, 0.15) is 28.3 Å².